The zero-order valence-electron chi connectivity index (χ0n) is 12.9. The largest absolute Gasteiger partial charge is 0.372 e. The summed E-state index contributed by atoms with van der Waals surface area (Å²) in [5.41, 5.74) is 0.889. The quantitative estimate of drug-likeness (QED) is 0.894. The van der Waals surface area contributed by atoms with Crippen molar-refractivity contribution in [3.8, 4) is 0 Å². The maximum atomic E-state index is 12.5. The van der Waals surface area contributed by atoms with Crippen LogP contribution in [0.25, 0.3) is 0 Å². The summed E-state index contributed by atoms with van der Waals surface area (Å²) < 4.78 is 35.3. The van der Waals surface area contributed by atoms with Crippen LogP contribution in [-0.2, 0) is 21.3 Å². The van der Waals surface area contributed by atoms with Gasteiger partial charge in [-0.25, -0.2) is 18.1 Å². The molecule has 0 aliphatic carbocycles. The van der Waals surface area contributed by atoms with Crippen molar-refractivity contribution in [2.24, 2.45) is 0 Å². The van der Waals surface area contributed by atoms with Crippen molar-refractivity contribution in [3.63, 3.8) is 0 Å². The lowest BCUT2D eigenvalue weighted by Crippen LogP contribution is -2.42. The van der Waals surface area contributed by atoms with Gasteiger partial charge in [-0.05, 0) is 31.9 Å². The number of hydrogen-bond donors (Lipinski definition) is 1. The fourth-order valence-electron chi connectivity index (χ4n) is 2.70. The van der Waals surface area contributed by atoms with E-state index in [4.69, 9.17) is 4.74 Å². The molecule has 1 N–H and O–H groups in total. The molecular weight excluding hydrogens is 316 g/mol. The smallest absolute Gasteiger partial charge is 0.258 e. The summed E-state index contributed by atoms with van der Waals surface area (Å²) in [6.07, 6.45) is 6.30. The molecule has 1 aliphatic rings. The lowest BCUT2D eigenvalue weighted by molar-refractivity contribution is -0.00449. The van der Waals surface area contributed by atoms with Crippen molar-refractivity contribution in [2.45, 2.75) is 43.5 Å². The van der Waals surface area contributed by atoms with Crippen LogP contribution in [0, 0.1) is 0 Å². The summed E-state index contributed by atoms with van der Waals surface area (Å²) in [7, 11) is -3.67. The highest BCUT2D eigenvalue weighted by molar-refractivity contribution is 7.89. The Balaban J connectivity index is 1.82. The molecule has 0 spiro atoms. The molecule has 0 saturated carbocycles. The van der Waals surface area contributed by atoms with Crippen molar-refractivity contribution < 1.29 is 13.2 Å². The number of nitrogens with zero attached hydrogens (tertiary/aromatic N) is 3. The molecule has 2 aromatic heterocycles. The molecule has 0 amide bonds. The molecule has 7 nitrogen and oxygen atoms in total. The zero-order valence-corrected chi connectivity index (χ0v) is 13.7. The normalized spacial score (nSPS) is 22.1. The molecule has 1 saturated heterocycles. The van der Waals surface area contributed by atoms with E-state index in [-0.39, 0.29) is 17.2 Å². The summed E-state index contributed by atoms with van der Waals surface area (Å²) >= 11 is 0. The van der Waals surface area contributed by atoms with E-state index < -0.39 is 10.0 Å². The molecule has 3 heterocycles. The monoisotopic (exact) mass is 336 g/mol. The van der Waals surface area contributed by atoms with Crippen LogP contribution in [0.15, 0.2) is 41.8 Å². The summed E-state index contributed by atoms with van der Waals surface area (Å²) in [6, 6.07) is 4.49. The Morgan fingerprint density at radius 3 is 3.00 bits per heavy atom. The highest BCUT2D eigenvalue weighted by Crippen LogP contribution is 2.29. The van der Waals surface area contributed by atoms with Crippen LogP contribution in [-0.4, -0.2) is 35.8 Å². The lowest BCUT2D eigenvalue weighted by Gasteiger charge is -2.31. The fourth-order valence-corrected chi connectivity index (χ4v) is 3.91. The average Bonchev–Trinajstić information content (AvgIpc) is 3.05. The first-order valence-electron chi connectivity index (χ1n) is 7.67. The van der Waals surface area contributed by atoms with E-state index in [1.807, 2.05) is 13.1 Å². The van der Waals surface area contributed by atoms with Gasteiger partial charge in [-0.15, -0.1) is 0 Å². The first-order chi connectivity index (χ1) is 11.1. The average molecular weight is 336 g/mol. The first kappa shape index (κ1) is 16.1. The third-order valence-corrected chi connectivity index (χ3v) is 5.25. The summed E-state index contributed by atoms with van der Waals surface area (Å²) in [6.45, 7) is 3.38. The number of ether oxygens (including phenoxy) is 1. The maximum absolute atomic E-state index is 12.5. The molecule has 0 unspecified atom stereocenters. The molecule has 0 radical (unpaired) electrons. The lowest BCUT2D eigenvalue weighted by atomic mass is 9.99. The van der Waals surface area contributed by atoms with Gasteiger partial charge in [0, 0.05) is 31.1 Å². The summed E-state index contributed by atoms with van der Waals surface area (Å²) in [5, 5.41) is 4.27. The van der Waals surface area contributed by atoms with Gasteiger partial charge in [-0.3, -0.25) is 4.68 Å². The van der Waals surface area contributed by atoms with Gasteiger partial charge in [0.05, 0.1) is 12.2 Å². The van der Waals surface area contributed by atoms with Gasteiger partial charge in [-0.1, -0.05) is 6.07 Å². The Morgan fingerprint density at radius 1 is 1.43 bits per heavy atom. The Hall–Kier alpha value is -1.77. The standard InChI is InChI=1S/C15H20N4O3S/c1-2-19-11-12(10-17-19)15-13(6-5-9-22-15)18-23(20,21)14-7-3-4-8-16-14/h3-4,7-8,10-11,13,15,18H,2,5-6,9H2,1H3/t13-,15+/m0/s1. The second-order valence-electron chi connectivity index (χ2n) is 5.46. The van der Waals surface area contributed by atoms with Crippen molar-refractivity contribution >= 4 is 10.0 Å². The van der Waals surface area contributed by atoms with Gasteiger partial charge in [0.25, 0.3) is 10.0 Å². The number of pyridine rings is 1. The number of aryl methyl sites for hydroxylation is 1. The van der Waals surface area contributed by atoms with Crippen molar-refractivity contribution in [3.05, 3.63) is 42.4 Å². The number of aromatic nitrogens is 3. The van der Waals surface area contributed by atoms with E-state index in [1.54, 1.807) is 23.0 Å². The molecule has 0 bridgehead atoms. The van der Waals surface area contributed by atoms with Crippen molar-refractivity contribution in [1.82, 2.24) is 19.5 Å². The maximum Gasteiger partial charge on any atom is 0.258 e. The SMILES string of the molecule is CCn1cc([C@H]2OCCC[C@@H]2NS(=O)(=O)c2ccccn2)cn1. The third-order valence-electron chi connectivity index (χ3n) is 3.85. The number of rotatable bonds is 5. The Kier molecular flexibility index (Phi) is 4.74. The number of nitrogens with one attached hydrogen (secondary N) is 1. The van der Waals surface area contributed by atoms with E-state index in [2.05, 4.69) is 14.8 Å². The molecule has 1 fully saturated rings. The van der Waals surface area contributed by atoms with Crippen LogP contribution in [0.3, 0.4) is 0 Å². The van der Waals surface area contributed by atoms with E-state index in [0.29, 0.717) is 13.0 Å². The molecule has 124 valence electrons. The summed E-state index contributed by atoms with van der Waals surface area (Å²) in [5.74, 6) is 0. The van der Waals surface area contributed by atoms with E-state index in [1.165, 1.54) is 12.3 Å². The van der Waals surface area contributed by atoms with Crippen LogP contribution in [0.1, 0.15) is 31.4 Å². The van der Waals surface area contributed by atoms with Crippen LogP contribution in [0.5, 0.6) is 0 Å². The minimum atomic E-state index is -3.67. The second-order valence-corrected chi connectivity index (χ2v) is 7.12. The first-order valence-corrected chi connectivity index (χ1v) is 9.16. The Labute approximate surface area is 135 Å². The Morgan fingerprint density at radius 2 is 2.30 bits per heavy atom. The number of hydrogen-bond acceptors (Lipinski definition) is 5. The van der Waals surface area contributed by atoms with Gasteiger partial charge in [0.2, 0.25) is 0 Å². The molecule has 1 aliphatic heterocycles. The van der Waals surface area contributed by atoms with Gasteiger partial charge in [0.15, 0.2) is 5.03 Å². The van der Waals surface area contributed by atoms with Crippen LogP contribution < -0.4 is 4.72 Å². The third kappa shape index (κ3) is 3.60. The van der Waals surface area contributed by atoms with Gasteiger partial charge < -0.3 is 4.74 Å². The molecule has 3 rings (SSSR count). The van der Waals surface area contributed by atoms with Crippen LogP contribution in [0.2, 0.25) is 0 Å². The molecule has 0 aromatic carbocycles. The molecule has 8 heteroatoms. The molecule has 2 atom stereocenters. The van der Waals surface area contributed by atoms with Gasteiger partial charge in [-0.2, -0.15) is 5.10 Å². The highest BCUT2D eigenvalue weighted by Gasteiger charge is 2.32. The highest BCUT2D eigenvalue weighted by atomic mass is 32.2. The molecular formula is C15H20N4O3S. The molecule has 23 heavy (non-hydrogen) atoms. The second kappa shape index (κ2) is 6.77. The van der Waals surface area contributed by atoms with Crippen LogP contribution >= 0.6 is 0 Å². The molecule has 2 aromatic rings. The Bertz CT molecular complexity index is 745. The zero-order chi connectivity index (χ0) is 16.3. The van der Waals surface area contributed by atoms with E-state index >= 15 is 0 Å². The minimum absolute atomic E-state index is 0.0218. The predicted molar refractivity (Wildman–Crippen MR) is 84.2 cm³/mol. The van der Waals surface area contributed by atoms with E-state index in [9.17, 15) is 8.42 Å². The van der Waals surface area contributed by atoms with Gasteiger partial charge in [0.1, 0.15) is 6.10 Å². The van der Waals surface area contributed by atoms with Crippen LogP contribution in [0.4, 0.5) is 0 Å². The minimum Gasteiger partial charge on any atom is -0.372 e. The fraction of sp³-hybridized carbons (Fsp3) is 0.467. The topological polar surface area (TPSA) is 86.1 Å². The predicted octanol–water partition coefficient (Wildman–Crippen LogP) is 1.50. The van der Waals surface area contributed by atoms with E-state index in [0.717, 1.165) is 18.5 Å². The van der Waals surface area contributed by atoms with Crippen molar-refractivity contribution in [2.75, 3.05) is 6.61 Å². The van der Waals surface area contributed by atoms with Crippen molar-refractivity contribution in [1.29, 1.82) is 0 Å². The summed E-state index contributed by atoms with van der Waals surface area (Å²) in [4.78, 5) is 3.92. The van der Waals surface area contributed by atoms with Gasteiger partial charge >= 0.3 is 0 Å². The number of sulfonamides is 1.